The van der Waals surface area contributed by atoms with Gasteiger partial charge in [0.2, 0.25) is 0 Å². The molecule has 0 amide bonds. The van der Waals surface area contributed by atoms with Gasteiger partial charge in [-0.1, -0.05) is 6.92 Å². The molecule has 5 heteroatoms. The van der Waals surface area contributed by atoms with Crippen LogP contribution in [0.2, 0.25) is 0 Å². The van der Waals surface area contributed by atoms with Gasteiger partial charge in [0.1, 0.15) is 5.01 Å². The average molecular weight is 267 g/mol. The third-order valence-electron chi connectivity index (χ3n) is 2.63. The maximum atomic E-state index is 4.65. The lowest BCUT2D eigenvalue weighted by atomic mass is 10.2. The molecule has 0 aromatic carbocycles. The van der Waals surface area contributed by atoms with Gasteiger partial charge in [-0.25, -0.2) is 4.98 Å². The Kier molecular flexibility index (Phi) is 4.25. The fourth-order valence-corrected chi connectivity index (χ4v) is 3.38. The lowest BCUT2D eigenvalue weighted by Crippen LogP contribution is -2.22. The van der Waals surface area contributed by atoms with Crippen LogP contribution in [0.5, 0.6) is 0 Å². The number of hydrogen-bond acceptors (Lipinski definition) is 5. The second kappa shape index (κ2) is 5.71. The molecule has 0 fully saturated rings. The highest BCUT2D eigenvalue weighted by Gasteiger charge is 2.19. The third-order valence-corrected chi connectivity index (χ3v) is 4.60. The summed E-state index contributed by atoms with van der Waals surface area (Å²) in [5.74, 6) is 0. The smallest absolute Gasteiger partial charge is 0.116 e. The summed E-state index contributed by atoms with van der Waals surface area (Å²) >= 11 is 3.46. The first kappa shape index (κ1) is 12.7. The quantitative estimate of drug-likeness (QED) is 0.903. The second-order valence-electron chi connectivity index (χ2n) is 3.98. The Morgan fingerprint density at radius 2 is 2.24 bits per heavy atom. The molecule has 0 aliphatic rings. The standard InChI is InChI=1S/C12H17N3S2/c1-4-5-14-11(10-6-13-7-16-10)12-15-8(2)9(3)17-12/h6-7,11,14H,4-5H2,1-3H3. The van der Waals surface area contributed by atoms with Gasteiger partial charge in [-0.05, 0) is 26.8 Å². The highest BCUT2D eigenvalue weighted by Crippen LogP contribution is 2.29. The highest BCUT2D eigenvalue weighted by molar-refractivity contribution is 7.12. The largest absolute Gasteiger partial charge is 0.304 e. The molecule has 2 rings (SSSR count). The summed E-state index contributed by atoms with van der Waals surface area (Å²) < 4.78 is 0. The predicted octanol–water partition coefficient (Wildman–Crippen LogP) is 3.31. The van der Waals surface area contributed by atoms with Crippen LogP contribution in [0.4, 0.5) is 0 Å². The molecule has 0 saturated carbocycles. The van der Waals surface area contributed by atoms with E-state index in [0.717, 1.165) is 23.7 Å². The molecule has 0 saturated heterocycles. The summed E-state index contributed by atoms with van der Waals surface area (Å²) in [5.41, 5.74) is 3.02. The van der Waals surface area contributed by atoms with E-state index in [-0.39, 0.29) is 6.04 Å². The molecule has 2 aromatic heterocycles. The Bertz CT molecular complexity index is 443. The van der Waals surface area contributed by atoms with Crippen molar-refractivity contribution in [3.05, 3.63) is 32.2 Å². The molecule has 17 heavy (non-hydrogen) atoms. The van der Waals surface area contributed by atoms with E-state index < -0.39 is 0 Å². The summed E-state index contributed by atoms with van der Waals surface area (Å²) in [7, 11) is 0. The zero-order chi connectivity index (χ0) is 12.3. The Labute approximate surface area is 110 Å². The summed E-state index contributed by atoms with van der Waals surface area (Å²) in [4.78, 5) is 11.4. The minimum Gasteiger partial charge on any atom is -0.304 e. The van der Waals surface area contributed by atoms with Gasteiger partial charge in [0.15, 0.2) is 0 Å². The number of aromatic nitrogens is 2. The van der Waals surface area contributed by atoms with Gasteiger partial charge in [-0.3, -0.25) is 4.98 Å². The van der Waals surface area contributed by atoms with E-state index in [1.807, 2.05) is 11.7 Å². The summed E-state index contributed by atoms with van der Waals surface area (Å²) in [6, 6.07) is 0.208. The minimum atomic E-state index is 0.208. The van der Waals surface area contributed by atoms with Gasteiger partial charge in [0.25, 0.3) is 0 Å². The van der Waals surface area contributed by atoms with E-state index in [0.29, 0.717) is 0 Å². The van der Waals surface area contributed by atoms with Crippen LogP contribution >= 0.6 is 22.7 Å². The van der Waals surface area contributed by atoms with Gasteiger partial charge in [-0.15, -0.1) is 22.7 Å². The maximum Gasteiger partial charge on any atom is 0.116 e. The van der Waals surface area contributed by atoms with Crippen LogP contribution in [0, 0.1) is 13.8 Å². The van der Waals surface area contributed by atoms with Crippen molar-refractivity contribution in [1.29, 1.82) is 0 Å². The van der Waals surface area contributed by atoms with E-state index in [4.69, 9.17) is 0 Å². The van der Waals surface area contributed by atoms with Crippen molar-refractivity contribution in [3.8, 4) is 0 Å². The van der Waals surface area contributed by atoms with Crippen LogP contribution in [0.3, 0.4) is 0 Å². The van der Waals surface area contributed by atoms with Gasteiger partial charge in [0.05, 0.1) is 17.2 Å². The first-order chi connectivity index (χ1) is 8.22. The van der Waals surface area contributed by atoms with E-state index in [1.165, 1.54) is 9.75 Å². The first-order valence-electron chi connectivity index (χ1n) is 5.78. The molecule has 2 heterocycles. The fourth-order valence-electron chi connectivity index (χ4n) is 1.59. The number of nitrogens with one attached hydrogen (secondary N) is 1. The minimum absolute atomic E-state index is 0.208. The van der Waals surface area contributed by atoms with Crippen LogP contribution in [-0.2, 0) is 0 Å². The molecule has 0 aliphatic carbocycles. The van der Waals surface area contributed by atoms with Crippen molar-refractivity contribution < 1.29 is 0 Å². The molecule has 3 nitrogen and oxygen atoms in total. The second-order valence-corrected chi connectivity index (χ2v) is 6.14. The molecular formula is C12H17N3S2. The van der Waals surface area contributed by atoms with Crippen molar-refractivity contribution in [3.63, 3.8) is 0 Å². The number of hydrogen-bond donors (Lipinski definition) is 1. The summed E-state index contributed by atoms with van der Waals surface area (Å²) in [5, 5.41) is 4.70. The lowest BCUT2D eigenvalue weighted by molar-refractivity contribution is 0.601. The Hall–Kier alpha value is -0.780. The molecule has 1 unspecified atom stereocenters. The van der Waals surface area contributed by atoms with E-state index >= 15 is 0 Å². The van der Waals surface area contributed by atoms with Crippen LogP contribution in [0.15, 0.2) is 11.7 Å². The van der Waals surface area contributed by atoms with Crippen LogP contribution in [0.1, 0.15) is 39.8 Å². The van der Waals surface area contributed by atoms with Crippen LogP contribution < -0.4 is 5.32 Å². The van der Waals surface area contributed by atoms with E-state index in [1.54, 1.807) is 22.7 Å². The Balaban J connectivity index is 2.26. The SMILES string of the molecule is CCCNC(c1cncs1)c1nc(C)c(C)s1. The fraction of sp³-hybridized carbons (Fsp3) is 0.500. The maximum absolute atomic E-state index is 4.65. The topological polar surface area (TPSA) is 37.8 Å². The Morgan fingerprint density at radius 1 is 1.41 bits per heavy atom. The molecule has 1 N–H and O–H groups in total. The van der Waals surface area contributed by atoms with Crippen molar-refractivity contribution in [1.82, 2.24) is 15.3 Å². The van der Waals surface area contributed by atoms with Gasteiger partial charge in [-0.2, -0.15) is 0 Å². The number of rotatable bonds is 5. The molecule has 0 bridgehead atoms. The van der Waals surface area contributed by atoms with Crippen molar-refractivity contribution in [2.75, 3.05) is 6.54 Å². The number of aryl methyl sites for hydroxylation is 2. The molecular weight excluding hydrogens is 250 g/mol. The van der Waals surface area contributed by atoms with Crippen molar-refractivity contribution >= 4 is 22.7 Å². The zero-order valence-electron chi connectivity index (χ0n) is 10.4. The molecule has 92 valence electrons. The van der Waals surface area contributed by atoms with Crippen molar-refractivity contribution in [2.45, 2.75) is 33.2 Å². The van der Waals surface area contributed by atoms with E-state index in [9.17, 15) is 0 Å². The van der Waals surface area contributed by atoms with Crippen LogP contribution in [-0.4, -0.2) is 16.5 Å². The zero-order valence-corrected chi connectivity index (χ0v) is 12.0. The molecule has 0 spiro atoms. The average Bonchev–Trinajstić information content (AvgIpc) is 2.92. The molecule has 0 radical (unpaired) electrons. The first-order valence-corrected chi connectivity index (χ1v) is 7.47. The summed E-state index contributed by atoms with van der Waals surface area (Å²) in [6.45, 7) is 7.37. The molecule has 2 aromatic rings. The molecule has 1 atom stereocenters. The van der Waals surface area contributed by atoms with E-state index in [2.05, 4.69) is 36.1 Å². The van der Waals surface area contributed by atoms with Crippen LogP contribution in [0.25, 0.3) is 0 Å². The van der Waals surface area contributed by atoms with Gasteiger partial charge < -0.3 is 5.32 Å². The van der Waals surface area contributed by atoms with Crippen molar-refractivity contribution in [2.24, 2.45) is 0 Å². The summed E-state index contributed by atoms with van der Waals surface area (Å²) in [6.07, 6.45) is 3.06. The Morgan fingerprint density at radius 3 is 2.76 bits per heavy atom. The monoisotopic (exact) mass is 267 g/mol. The predicted molar refractivity (Wildman–Crippen MR) is 73.8 cm³/mol. The number of nitrogens with zero attached hydrogens (tertiary/aromatic N) is 2. The highest BCUT2D eigenvalue weighted by atomic mass is 32.1. The number of thiazole rings is 2. The van der Waals surface area contributed by atoms with Gasteiger partial charge >= 0.3 is 0 Å². The molecule has 0 aliphatic heterocycles. The van der Waals surface area contributed by atoms with Gasteiger partial charge in [0, 0.05) is 16.0 Å². The normalized spacial score (nSPS) is 12.9. The lowest BCUT2D eigenvalue weighted by Gasteiger charge is -2.13. The third kappa shape index (κ3) is 2.91.